The van der Waals surface area contributed by atoms with E-state index in [-0.39, 0.29) is 23.3 Å². The predicted octanol–water partition coefficient (Wildman–Crippen LogP) is 0.800. The topological polar surface area (TPSA) is 75.3 Å². The van der Waals surface area contributed by atoms with E-state index in [1.165, 1.54) is 0 Å². The van der Waals surface area contributed by atoms with Crippen LogP contribution in [-0.4, -0.2) is 27.4 Å². The first-order valence-electron chi connectivity index (χ1n) is 6.33. The summed E-state index contributed by atoms with van der Waals surface area (Å²) >= 11 is 0. The fourth-order valence-corrected chi connectivity index (χ4v) is 2.69. The molecule has 1 saturated carbocycles. The maximum atomic E-state index is 11.9. The molecule has 2 rings (SSSR count). The summed E-state index contributed by atoms with van der Waals surface area (Å²) in [5, 5.41) is 2.71. The van der Waals surface area contributed by atoms with E-state index in [1.807, 2.05) is 6.92 Å². The lowest BCUT2D eigenvalue weighted by Gasteiger charge is -2.08. The molecule has 2 N–H and O–H groups in total. The maximum Gasteiger partial charge on any atom is 0.240 e. The Kier molecular flexibility index (Phi) is 4.21. The van der Waals surface area contributed by atoms with Crippen LogP contribution in [0.4, 0.5) is 0 Å². The summed E-state index contributed by atoms with van der Waals surface area (Å²) in [4.78, 5) is 11.6. The van der Waals surface area contributed by atoms with Gasteiger partial charge >= 0.3 is 0 Å². The molecule has 1 aliphatic carbocycles. The molecule has 1 aromatic carbocycles. The minimum Gasteiger partial charge on any atom is -0.355 e. The zero-order chi connectivity index (χ0) is 13.9. The summed E-state index contributed by atoms with van der Waals surface area (Å²) in [6.45, 7) is 2.42. The van der Waals surface area contributed by atoms with Crippen molar-refractivity contribution in [3.8, 4) is 0 Å². The number of rotatable bonds is 6. The number of sulfonamides is 1. The van der Waals surface area contributed by atoms with Gasteiger partial charge in [-0.15, -0.1) is 0 Å². The Bertz CT molecular complexity index is 548. The number of hydrogen-bond acceptors (Lipinski definition) is 3. The molecule has 6 heteroatoms. The van der Waals surface area contributed by atoms with Gasteiger partial charge in [0.15, 0.2) is 0 Å². The van der Waals surface area contributed by atoms with E-state index in [9.17, 15) is 13.2 Å². The van der Waals surface area contributed by atoms with E-state index < -0.39 is 10.0 Å². The monoisotopic (exact) mass is 282 g/mol. The van der Waals surface area contributed by atoms with Gasteiger partial charge in [-0.1, -0.05) is 17.7 Å². The molecular weight excluding hydrogens is 264 g/mol. The lowest BCUT2D eigenvalue weighted by molar-refractivity contribution is -0.122. The maximum absolute atomic E-state index is 11.9. The summed E-state index contributed by atoms with van der Waals surface area (Å²) in [5.74, 6) is 0.170. The highest BCUT2D eigenvalue weighted by atomic mass is 32.2. The Morgan fingerprint density at radius 2 is 1.84 bits per heavy atom. The molecule has 0 radical (unpaired) electrons. The Hall–Kier alpha value is -1.40. The highest BCUT2D eigenvalue weighted by Crippen LogP contribution is 2.28. The molecule has 104 valence electrons. The molecule has 0 aromatic heterocycles. The average molecular weight is 282 g/mol. The van der Waals surface area contributed by atoms with E-state index >= 15 is 0 Å². The van der Waals surface area contributed by atoms with Crippen LogP contribution in [-0.2, 0) is 14.8 Å². The largest absolute Gasteiger partial charge is 0.355 e. The molecule has 1 aliphatic rings. The molecule has 19 heavy (non-hydrogen) atoms. The van der Waals surface area contributed by atoms with Gasteiger partial charge in [-0.3, -0.25) is 4.79 Å². The minimum absolute atomic E-state index is 0.0227. The van der Waals surface area contributed by atoms with Gasteiger partial charge in [-0.2, -0.15) is 0 Å². The lowest BCUT2D eigenvalue weighted by Crippen LogP contribution is -2.35. The fraction of sp³-hybridized carbons (Fsp3) is 0.462. The molecular formula is C13H18N2O3S. The van der Waals surface area contributed by atoms with Crippen LogP contribution in [0.15, 0.2) is 29.2 Å². The average Bonchev–Trinajstić information content (AvgIpc) is 3.19. The lowest BCUT2D eigenvalue weighted by atomic mass is 10.2. The van der Waals surface area contributed by atoms with Crippen molar-refractivity contribution in [2.45, 2.75) is 24.7 Å². The van der Waals surface area contributed by atoms with Gasteiger partial charge < -0.3 is 5.32 Å². The van der Waals surface area contributed by atoms with Gasteiger partial charge in [-0.05, 0) is 31.9 Å². The molecule has 1 amide bonds. The number of aryl methyl sites for hydroxylation is 1. The molecule has 0 saturated heterocycles. The third kappa shape index (κ3) is 4.04. The number of amides is 1. The van der Waals surface area contributed by atoms with Crippen LogP contribution in [0, 0.1) is 12.8 Å². The summed E-state index contributed by atoms with van der Waals surface area (Å²) in [6.07, 6.45) is 1.89. The van der Waals surface area contributed by atoms with Crippen molar-refractivity contribution >= 4 is 15.9 Å². The zero-order valence-electron chi connectivity index (χ0n) is 10.8. The smallest absolute Gasteiger partial charge is 0.240 e. The number of hydrogen-bond donors (Lipinski definition) is 2. The van der Waals surface area contributed by atoms with Crippen molar-refractivity contribution in [1.82, 2.24) is 10.0 Å². The predicted molar refractivity (Wildman–Crippen MR) is 72.1 cm³/mol. The highest BCUT2D eigenvalue weighted by Gasteiger charge is 2.29. The number of benzene rings is 1. The Morgan fingerprint density at radius 3 is 2.42 bits per heavy atom. The van der Waals surface area contributed by atoms with Crippen LogP contribution in [0.5, 0.6) is 0 Å². The van der Waals surface area contributed by atoms with Crippen LogP contribution >= 0.6 is 0 Å². The molecule has 0 heterocycles. The van der Waals surface area contributed by atoms with Crippen molar-refractivity contribution in [1.29, 1.82) is 0 Å². The second-order valence-corrected chi connectivity index (χ2v) is 6.54. The number of nitrogens with one attached hydrogen (secondary N) is 2. The van der Waals surface area contributed by atoms with Crippen molar-refractivity contribution in [2.24, 2.45) is 5.92 Å². The highest BCUT2D eigenvalue weighted by molar-refractivity contribution is 7.89. The number of carbonyl (C=O) groups is 1. The Morgan fingerprint density at radius 1 is 1.21 bits per heavy atom. The molecule has 0 bridgehead atoms. The fourth-order valence-electron chi connectivity index (χ4n) is 1.66. The van der Waals surface area contributed by atoms with Crippen molar-refractivity contribution in [3.63, 3.8) is 0 Å². The van der Waals surface area contributed by atoms with Crippen molar-refractivity contribution in [3.05, 3.63) is 29.8 Å². The van der Waals surface area contributed by atoms with Crippen LogP contribution in [0.3, 0.4) is 0 Å². The van der Waals surface area contributed by atoms with E-state index in [1.54, 1.807) is 24.3 Å². The molecule has 1 fully saturated rings. The molecule has 0 spiro atoms. The van der Waals surface area contributed by atoms with Crippen LogP contribution in [0.1, 0.15) is 18.4 Å². The van der Waals surface area contributed by atoms with Gasteiger partial charge in [0.05, 0.1) is 4.90 Å². The molecule has 0 unspecified atom stereocenters. The van der Waals surface area contributed by atoms with E-state index in [4.69, 9.17) is 0 Å². The summed E-state index contributed by atoms with van der Waals surface area (Å²) in [6, 6.07) is 6.65. The normalized spacial score (nSPS) is 15.2. The zero-order valence-corrected chi connectivity index (χ0v) is 11.7. The summed E-state index contributed by atoms with van der Waals surface area (Å²) in [5.41, 5.74) is 1.01. The summed E-state index contributed by atoms with van der Waals surface area (Å²) < 4.78 is 26.3. The van der Waals surface area contributed by atoms with Gasteiger partial charge in [0.25, 0.3) is 0 Å². The van der Waals surface area contributed by atoms with Gasteiger partial charge in [-0.25, -0.2) is 13.1 Å². The first-order valence-corrected chi connectivity index (χ1v) is 7.81. The third-order valence-electron chi connectivity index (χ3n) is 3.00. The van der Waals surface area contributed by atoms with E-state index in [0.29, 0.717) is 6.54 Å². The quantitative estimate of drug-likeness (QED) is 0.758. The second-order valence-electron chi connectivity index (χ2n) is 4.78. The van der Waals surface area contributed by atoms with Crippen molar-refractivity contribution < 1.29 is 13.2 Å². The van der Waals surface area contributed by atoms with E-state index in [0.717, 1.165) is 18.4 Å². The second kappa shape index (κ2) is 5.71. The SMILES string of the molecule is Cc1ccc(S(=O)(=O)NCCNC(=O)C2CC2)cc1. The summed E-state index contributed by atoms with van der Waals surface area (Å²) in [7, 11) is -3.48. The molecule has 1 aromatic rings. The molecule has 0 aliphatic heterocycles. The van der Waals surface area contributed by atoms with Gasteiger partial charge in [0.1, 0.15) is 0 Å². The van der Waals surface area contributed by atoms with Crippen LogP contribution in [0.2, 0.25) is 0 Å². The standard InChI is InChI=1S/C13H18N2O3S/c1-10-2-6-12(7-3-10)19(17,18)15-9-8-14-13(16)11-4-5-11/h2-3,6-7,11,15H,4-5,8-9H2,1H3,(H,14,16). The first kappa shape index (κ1) is 14.0. The molecule has 5 nitrogen and oxygen atoms in total. The van der Waals surface area contributed by atoms with Crippen LogP contribution < -0.4 is 10.0 Å². The first-order chi connectivity index (χ1) is 8.99. The Labute approximate surface area is 113 Å². The van der Waals surface area contributed by atoms with Crippen molar-refractivity contribution in [2.75, 3.05) is 13.1 Å². The van der Waals surface area contributed by atoms with Gasteiger partial charge in [0, 0.05) is 19.0 Å². The molecule has 0 atom stereocenters. The van der Waals surface area contributed by atoms with E-state index in [2.05, 4.69) is 10.0 Å². The number of carbonyl (C=O) groups excluding carboxylic acids is 1. The van der Waals surface area contributed by atoms with Gasteiger partial charge in [0.2, 0.25) is 15.9 Å². The third-order valence-corrected chi connectivity index (χ3v) is 4.47. The van der Waals surface area contributed by atoms with Crippen LogP contribution in [0.25, 0.3) is 0 Å². The minimum atomic E-state index is -3.48. The Balaban J connectivity index is 1.80.